The lowest BCUT2D eigenvalue weighted by molar-refractivity contribution is -0.254. The Kier molecular flexibility index (Phi) is 1.55. The molecule has 0 spiro atoms. The fourth-order valence-electron chi connectivity index (χ4n) is 1.27. The molecule has 0 radical (unpaired) electrons. The van der Waals surface area contributed by atoms with Crippen molar-refractivity contribution in [1.82, 2.24) is 0 Å². The third kappa shape index (κ3) is 1.17. The first-order chi connectivity index (χ1) is 5.75. The average molecular weight is 162 g/mol. The molecule has 0 saturated heterocycles. The Morgan fingerprint density at radius 1 is 0.917 bits per heavy atom. The molecule has 2 rings (SSSR count). The zero-order chi connectivity index (χ0) is 8.55. The van der Waals surface area contributed by atoms with Gasteiger partial charge in [0.25, 0.3) is 0 Å². The van der Waals surface area contributed by atoms with Crippen LogP contribution in [0.3, 0.4) is 0 Å². The van der Waals surface area contributed by atoms with Gasteiger partial charge in [-0.05, 0) is 35.0 Å². The minimum Gasteiger partial charge on any atom is -0.325 e. The van der Waals surface area contributed by atoms with E-state index in [0.717, 1.165) is 16.5 Å². The third-order valence-corrected chi connectivity index (χ3v) is 1.87. The Hall–Kier alpha value is -1.41. The summed E-state index contributed by atoms with van der Waals surface area (Å²) in [6.07, 6.45) is 0. The normalized spacial score (nSPS) is 10.5. The first kappa shape index (κ1) is 7.25. The molecule has 0 fully saturated rings. The van der Waals surface area contributed by atoms with E-state index in [1.165, 1.54) is 12.1 Å². The number of hydrogen-bond donors (Lipinski definition) is 1. The maximum atomic E-state index is 12.7. The van der Waals surface area contributed by atoms with Crippen LogP contribution in [0, 0.1) is 5.82 Å². The third-order valence-electron chi connectivity index (χ3n) is 1.87. The van der Waals surface area contributed by atoms with E-state index in [2.05, 4.69) is 5.73 Å². The van der Waals surface area contributed by atoms with E-state index in [1.807, 2.05) is 18.2 Å². The van der Waals surface area contributed by atoms with Crippen molar-refractivity contribution in [3.63, 3.8) is 0 Å². The number of rotatable bonds is 0. The van der Waals surface area contributed by atoms with E-state index in [-0.39, 0.29) is 5.82 Å². The Labute approximate surface area is 69.6 Å². The molecule has 0 amide bonds. The monoisotopic (exact) mass is 162 g/mol. The average Bonchev–Trinajstić information content (AvgIpc) is 2.03. The van der Waals surface area contributed by atoms with Crippen molar-refractivity contribution in [3.8, 4) is 0 Å². The number of halogens is 1. The molecule has 2 aromatic carbocycles. The molecular formula is C10H9FN+. The van der Waals surface area contributed by atoms with E-state index in [9.17, 15) is 4.39 Å². The number of benzene rings is 2. The van der Waals surface area contributed by atoms with E-state index in [1.54, 1.807) is 6.07 Å². The number of quaternary nitrogens is 1. The van der Waals surface area contributed by atoms with Crippen molar-refractivity contribution < 1.29 is 10.1 Å². The van der Waals surface area contributed by atoms with E-state index >= 15 is 0 Å². The van der Waals surface area contributed by atoms with E-state index < -0.39 is 0 Å². The molecule has 0 heterocycles. The van der Waals surface area contributed by atoms with Crippen LogP contribution in [-0.4, -0.2) is 0 Å². The summed E-state index contributed by atoms with van der Waals surface area (Å²) in [5.41, 5.74) is 4.69. The van der Waals surface area contributed by atoms with Crippen LogP contribution >= 0.6 is 0 Å². The summed E-state index contributed by atoms with van der Waals surface area (Å²) in [6, 6.07) is 10.5. The van der Waals surface area contributed by atoms with Gasteiger partial charge in [0, 0.05) is 6.07 Å². The fraction of sp³-hybridized carbons (Fsp3) is 0. The van der Waals surface area contributed by atoms with Crippen LogP contribution in [0.5, 0.6) is 0 Å². The second kappa shape index (κ2) is 2.57. The second-order valence-corrected chi connectivity index (χ2v) is 2.83. The molecule has 0 unspecified atom stereocenters. The Morgan fingerprint density at radius 3 is 2.50 bits per heavy atom. The van der Waals surface area contributed by atoms with Crippen LogP contribution in [0.4, 0.5) is 10.1 Å². The molecular weight excluding hydrogens is 153 g/mol. The molecule has 0 saturated carbocycles. The maximum Gasteiger partial charge on any atom is 0.128 e. The van der Waals surface area contributed by atoms with Crippen molar-refractivity contribution in [2.45, 2.75) is 0 Å². The maximum absolute atomic E-state index is 12.7. The summed E-state index contributed by atoms with van der Waals surface area (Å²) in [5.74, 6) is -0.201. The van der Waals surface area contributed by atoms with Gasteiger partial charge in [-0.25, -0.2) is 4.39 Å². The molecule has 1 nitrogen and oxygen atoms in total. The van der Waals surface area contributed by atoms with Gasteiger partial charge in [0.05, 0.1) is 0 Å². The minimum atomic E-state index is -0.201. The number of fused-ring (bicyclic) bond motifs is 1. The van der Waals surface area contributed by atoms with Crippen molar-refractivity contribution in [1.29, 1.82) is 0 Å². The molecule has 0 aliphatic rings. The second-order valence-electron chi connectivity index (χ2n) is 2.83. The molecule has 60 valence electrons. The number of hydrogen-bond acceptors (Lipinski definition) is 0. The Morgan fingerprint density at radius 2 is 1.67 bits per heavy atom. The fourth-order valence-corrected chi connectivity index (χ4v) is 1.27. The van der Waals surface area contributed by atoms with E-state index in [0.29, 0.717) is 0 Å². The van der Waals surface area contributed by atoms with Gasteiger partial charge in [-0.15, -0.1) is 0 Å². The SMILES string of the molecule is [NH3+]c1ccc2ccc(F)cc2c1. The zero-order valence-electron chi connectivity index (χ0n) is 6.55. The lowest BCUT2D eigenvalue weighted by atomic mass is 10.1. The quantitative estimate of drug-likeness (QED) is 0.612. The predicted octanol–water partition coefficient (Wildman–Crippen LogP) is 1.85. The predicted molar refractivity (Wildman–Crippen MR) is 46.5 cm³/mol. The molecule has 3 N–H and O–H groups in total. The molecule has 0 atom stereocenters. The summed E-state index contributed by atoms with van der Waals surface area (Å²) >= 11 is 0. The molecule has 0 aromatic heterocycles. The van der Waals surface area contributed by atoms with Crippen molar-refractivity contribution in [2.24, 2.45) is 0 Å². The highest BCUT2D eigenvalue weighted by molar-refractivity contribution is 5.84. The van der Waals surface area contributed by atoms with Crippen molar-refractivity contribution in [2.75, 3.05) is 0 Å². The van der Waals surface area contributed by atoms with Crippen LogP contribution in [-0.2, 0) is 0 Å². The van der Waals surface area contributed by atoms with E-state index in [4.69, 9.17) is 0 Å². The molecule has 0 bridgehead atoms. The Balaban J connectivity index is 2.80. The molecule has 2 aromatic rings. The first-order valence-corrected chi connectivity index (χ1v) is 3.77. The van der Waals surface area contributed by atoms with Crippen LogP contribution < -0.4 is 5.73 Å². The van der Waals surface area contributed by atoms with Gasteiger partial charge in [-0.2, -0.15) is 0 Å². The van der Waals surface area contributed by atoms with Crippen LogP contribution in [0.15, 0.2) is 36.4 Å². The first-order valence-electron chi connectivity index (χ1n) is 3.77. The summed E-state index contributed by atoms with van der Waals surface area (Å²) in [6.45, 7) is 0. The van der Waals surface area contributed by atoms with Gasteiger partial charge in [0.2, 0.25) is 0 Å². The highest BCUT2D eigenvalue weighted by atomic mass is 19.1. The van der Waals surface area contributed by atoms with Crippen LogP contribution in [0.1, 0.15) is 0 Å². The molecule has 0 aliphatic carbocycles. The molecule has 0 aliphatic heterocycles. The zero-order valence-corrected chi connectivity index (χ0v) is 6.55. The smallest absolute Gasteiger partial charge is 0.128 e. The molecule has 2 heteroatoms. The van der Waals surface area contributed by atoms with Crippen molar-refractivity contribution in [3.05, 3.63) is 42.2 Å². The lowest BCUT2D eigenvalue weighted by Gasteiger charge is -1.96. The highest BCUT2D eigenvalue weighted by Gasteiger charge is 1.96. The standard InChI is InChI=1S/C10H8FN/c11-9-3-1-7-2-4-10(12)6-8(7)5-9/h1-6H,12H2/p+1. The van der Waals surface area contributed by atoms with Gasteiger partial charge in [-0.1, -0.05) is 6.07 Å². The van der Waals surface area contributed by atoms with Crippen LogP contribution in [0.25, 0.3) is 10.8 Å². The highest BCUT2D eigenvalue weighted by Crippen LogP contribution is 2.17. The summed E-state index contributed by atoms with van der Waals surface area (Å²) in [5, 5.41) is 1.95. The van der Waals surface area contributed by atoms with Gasteiger partial charge < -0.3 is 5.73 Å². The van der Waals surface area contributed by atoms with Gasteiger partial charge in [0.1, 0.15) is 11.5 Å². The summed E-state index contributed by atoms with van der Waals surface area (Å²) < 4.78 is 12.7. The van der Waals surface area contributed by atoms with Gasteiger partial charge in [0.15, 0.2) is 0 Å². The largest absolute Gasteiger partial charge is 0.325 e. The Bertz CT molecular complexity index is 386. The van der Waals surface area contributed by atoms with Crippen molar-refractivity contribution >= 4 is 16.5 Å². The van der Waals surface area contributed by atoms with Gasteiger partial charge in [-0.3, -0.25) is 0 Å². The lowest BCUT2D eigenvalue weighted by Crippen LogP contribution is -2.39. The summed E-state index contributed by atoms with van der Waals surface area (Å²) in [7, 11) is 0. The minimum absolute atomic E-state index is 0.201. The molecule has 12 heavy (non-hydrogen) atoms. The van der Waals surface area contributed by atoms with Gasteiger partial charge >= 0.3 is 0 Å². The van der Waals surface area contributed by atoms with Crippen LogP contribution in [0.2, 0.25) is 0 Å². The topological polar surface area (TPSA) is 27.6 Å². The summed E-state index contributed by atoms with van der Waals surface area (Å²) in [4.78, 5) is 0.